The van der Waals surface area contributed by atoms with Crippen LogP contribution in [-0.4, -0.2) is 0 Å². The van der Waals surface area contributed by atoms with Crippen molar-refractivity contribution in [3.05, 3.63) is 0 Å². The summed E-state index contributed by atoms with van der Waals surface area (Å²) in [7, 11) is 0. The Kier molecular flexibility index (Phi) is 149. The van der Waals surface area contributed by atoms with Gasteiger partial charge in [0.2, 0.25) is 0 Å². The molecule has 1 radical (unpaired) electrons. The molecule has 0 heterocycles. The van der Waals surface area contributed by atoms with Gasteiger partial charge < -0.3 is 0 Å². The molecule has 0 saturated carbocycles. The van der Waals surface area contributed by atoms with Crippen molar-refractivity contribution in [2.75, 3.05) is 0 Å². The molecular weight excluding hydrogens is 397 g/mol. The van der Waals surface area contributed by atoms with Crippen LogP contribution in [0.1, 0.15) is 0 Å². The van der Waals surface area contributed by atoms with Gasteiger partial charge in [0.25, 0.3) is 0 Å². The molecule has 0 atom stereocenters. The summed E-state index contributed by atoms with van der Waals surface area (Å²) in [5, 5.41) is 0. The zero-order valence-corrected chi connectivity index (χ0v) is 8.44. The third-order valence-corrected chi connectivity index (χ3v) is 0. The maximum atomic E-state index is 0. The molecule has 0 aliphatic rings. The van der Waals surface area contributed by atoms with Crippen LogP contribution in [0, 0.1) is 0 Å². The SMILES string of the molecule is [Co].[Mo].[Ni].[W]. The average Bonchev–Trinajstić information content (AvgIpc) is 0. The zero-order valence-electron chi connectivity index (χ0n) is 1.47. The quantitative estimate of drug-likeness (QED) is 0.505. The summed E-state index contributed by atoms with van der Waals surface area (Å²) in [6, 6.07) is 0. The number of hydrogen-bond acceptors (Lipinski definition) is 0. The molecule has 0 aromatic heterocycles. The van der Waals surface area contributed by atoms with E-state index in [9.17, 15) is 0 Å². The number of hydrogen-bond donors (Lipinski definition) is 0. The fraction of sp³-hybridized carbons (Fsp3) is 0. The molecule has 0 amide bonds. The van der Waals surface area contributed by atoms with Crippen LogP contribution in [0.5, 0.6) is 0 Å². The topological polar surface area (TPSA) is 0 Å². The van der Waals surface area contributed by atoms with Crippen LogP contribution in [0.15, 0.2) is 0 Å². The first-order valence-corrected chi connectivity index (χ1v) is 0. The van der Waals surface area contributed by atoms with E-state index in [-0.39, 0.29) is 75.4 Å². The van der Waals surface area contributed by atoms with E-state index in [4.69, 9.17) is 0 Å². The van der Waals surface area contributed by atoms with Crippen molar-refractivity contribution in [1.82, 2.24) is 0 Å². The summed E-state index contributed by atoms with van der Waals surface area (Å²) in [6.45, 7) is 0. The van der Waals surface area contributed by atoms with Crippen molar-refractivity contribution < 1.29 is 75.4 Å². The summed E-state index contributed by atoms with van der Waals surface area (Å²) < 4.78 is 0. The summed E-state index contributed by atoms with van der Waals surface area (Å²) >= 11 is 0. The Morgan fingerprint density at radius 2 is 1.00 bits per heavy atom. The molecule has 0 saturated heterocycles. The second kappa shape index (κ2) is 18.2. The maximum Gasteiger partial charge on any atom is 0 e. The van der Waals surface area contributed by atoms with E-state index < -0.39 is 0 Å². The molecule has 0 aromatic carbocycles. The predicted molar refractivity (Wildman–Crippen MR) is 0 cm³/mol. The van der Waals surface area contributed by atoms with Gasteiger partial charge in [-0.3, -0.25) is 0 Å². The van der Waals surface area contributed by atoms with Gasteiger partial charge in [0.15, 0.2) is 0 Å². The molecule has 0 N–H and O–H groups in total. The largest absolute Gasteiger partial charge is 0 e. The minimum Gasteiger partial charge on any atom is 0 e. The molecular formula is CoMoNiW. The molecule has 0 fully saturated rings. The van der Waals surface area contributed by atoms with Gasteiger partial charge in [0, 0.05) is 75.4 Å². The van der Waals surface area contributed by atoms with Crippen molar-refractivity contribution in [3.63, 3.8) is 0 Å². The van der Waals surface area contributed by atoms with Gasteiger partial charge in [-0.2, -0.15) is 0 Å². The third-order valence-electron chi connectivity index (χ3n) is 0. The Morgan fingerprint density at radius 1 is 1.00 bits per heavy atom. The molecule has 0 aliphatic heterocycles. The van der Waals surface area contributed by atoms with Gasteiger partial charge in [-0.25, -0.2) is 0 Å². The van der Waals surface area contributed by atoms with Crippen LogP contribution < -0.4 is 0 Å². The van der Waals surface area contributed by atoms with Gasteiger partial charge in [-0.15, -0.1) is 0 Å². The van der Waals surface area contributed by atoms with Crippen LogP contribution >= 0.6 is 0 Å². The molecule has 4 heavy (non-hydrogen) atoms. The van der Waals surface area contributed by atoms with E-state index in [1.165, 1.54) is 0 Å². The smallest absolute Gasteiger partial charge is 0 e. The molecule has 31 valence electrons. The van der Waals surface area contributed by atoms with Crippen molar-refractivity contribution in [1.29, 1.82) is 0 Å². The Hall–Kier alpha value is 2.38. The zero-order chi connectivity index (χ0) is 0. The van der Waals surface area contributed by atoms with Gasteiger partial charge in [-0.1, -0.05) is 0 Å². The van der Waals surface area contributed by atoms with Crippen LogP contribution in [0.3, 0.4) is 0 Å². The first-order chi connectivity index (χ1) is 0. The van der Waals surface area contributed by atoms with Crippen LogP contribution in [-0.2, 0) is 75.4 Å². The summed E-state index contributed by atoms with van der Waals surface area (Å²) in [5.74, 6) is 0. The summed E-state index contributed by atoms with van der Waals surface area (Å²) in [5.41, 5.74) is 0. The monoisotopic (exact) mass is 399 g/mol. The fourth-order valence-electron chi connectivity index (χ4n) is 0. The molecule has 0 bridgehead atoms. The second-order valence-electron chi connectivity index (χ2n) is 0. The minimum atomic E-state index is 0. The van der Waals surface area contributed by atoms with E-state index in [0.29, 0.717) is 0 Å². The van der Waals surface area contributed by atoms with Gasteiger partial charge >= 0.3 is 0 Å². The molecule has 4 heteroatoms. The van der Waals surface area contributed by atoms with E-state index >= 15 is 0 Å². The predicted octanol–water partition coefficient (Wildman–Crippen LogP) is -0.0100. The van der Waals surface area contributed by atoms with E-state index in [1.807, 2.05) is 0 Å². The van der Waals surface area contributed by atoms with Crippen molar-refractivity contribution in [2.45, 2.75) is 0 Å². The molecule has 0 unspecified atom stereocenters. The van der Waals surface area contributed by atoms with Gasteiger partial charge in [0.1, 0.15) is 0 Å². The molecule has 0 rings (SSSR count). The van der Waals surface area contributed by atoms with Gasteiger partial charge in [0.05, 0.1) is 0 Å². The standard InChI is InChI=1S/Co.Mo.Ni.W. The Balaban J connectivity index is 0. The Bertz CT molecular complexity index is 8.00. The maximum absolute atomic E-state index is 0. The van der Waals surface area contributed by atoms with Crippen molar-refractivity contribution in [2.24, 2.45) is 0 Å². The number of rotatable bonds is 0. The molecule has 0 spiro atoms. The second-order valence-corrected chi connectivity index (χ2v) is 0. The van der Waals surface area contributed by atoms with Crippen LogP contribution in [0.4, 0.5) is 0 Å². The molecule has 0 nitrogen and oxygen atoms in total. The van der Waals surface area contributed by atoms with E-state index in [1.54, 1.807) is 0 Å². The minimum absolute atomic E-state index is 0. The molecule has 0 aromatic rings. The third kappa shape index (κ3) is 8.83. The molecule has 0 aliphatic carbocycles. The average molecular weight is 397 g/mol. The van der Waals surface area contributed by atoms with Gasteiger partial charge in [-0.05, 0) is 0 Å². The van der Waals surface area contributed by atoms with Crippen LogP contribution in [0.25, 0.3) is 0 Å². The van der Waals surface area contributed by atoms with Crippen molar-refractivity contribution in [3.8, 4) is 0 Å². The summed E-state index contributed by atoms with van der Waals surface area (Å²) in [6.07, 6.45) is 0. The summed E-state index contributed by atoms with van der Waals surface area (Å²) in [4.78, 5) is 0. The first-order valence-electron chi connectivity index (χ1n) is 0. The normalized spacial score (nSPS) is 0. The van der Waals surface area contributed by atoms with Crippen LogP contribution in [0.2, 0.25) is 0 Å². The van der Waals surface area contributed by atoms with E-state index in [2.05, 4.69) is 0 Å². The Morgan fingerprint density at radius 3 is 1.00 bits per heavy atom. The Labute approximate surface area is 74.5 Å². The first kappa shape index (κ1) is 32.6. The van der Waals surface area contributed by atoms with E-state index in [0.717, 1.165) is 0 Å². The van der Waals surface area contributed by atoms with Crippen molar-refractivity contribution >= 4 is 0 Å². The fourth-order valence-corrected chi connectivity index (χ4v) is 0.